The molecule has 1 aliphatic rings. The second kappa shape index (κ2) is 5.12. The predicted molar refractivity (Wildman–Crippen MR) is 87.4 cm³/mol. The van der Waals surface area contributed by atoms with Crippen LogP contribution in [0, 0.1) is 0 Å². The van der Waals surface area contributed by atoms with E-state index in [2.05, 4.69) is 41.2 Å². The fraction of sp³-hybridized carbons (Fsp3) is 0.294. The fourth-order valence-electron chi connectivity index (χ4n) is 3.17. The zero-order valence-electron chi connectivity index (χ0n) is 12.6. The summed E-state index contributed by atoms with van der Waals surface area (Å²) in [7, 11) is 2.00. The van der Waals surface area contributed by atoms with Crippen molar-refractivity contribution in [2.45, 2.75) is 25.0 Å². The van der Waals surface area contributed by atoms with Crippen LogP contribution in [-0.4, -0.2) is 22.1 Å². The van der Waals surface area contributed by atoms with Crippen LogP contribution in [0.4, 0.5) is 0 Å². The van der Waals surface area contributed by atoms with Crippen LogP contribution in [0.3, 0.4) is 0 Å². The number of hydroxylamine groups is 2. The van der Waals surface area contributed by atoms with E-state index in [0.717, 1.165) is 17.5 Å². The summed E-state index contributed by atoms with van der Waals surface area (Å²) in [5.74, 6) is 0. The van der Waals surface area contributed by atoms with Crippen molar-refractivity contribution in [2.24, 2.45) is 0 Å². The molecule has 0 amide bonds. The van der Waals surface area contributed by atoms with Crippen LogP contribution in [0.1, 0.15) is 30.5 Å². The number of hydrogen-bond donors (Lipinski definition) is 0. The van der Waals surface area contributed by atoms with Crippen molar-refractivity contribution in [3.63, 3.8) is 0 Å². The molecule has 1 fully saturated rings. The van der Waals surface area contributed by atoms with Crippen LogP contribution >= 0.6 is 11.3 Å². The maximum absolute atomic E-state index is 6.18. The van der Waals surface area contributed by atoms with Crippen molar-refractivity contribution in [1.82, 2.24) is 15.0 Å². The summed E-state index contributed by atoms with van der Waals surface area (Å²) in [6.07, 6.45) is 4.59. The molecule has 2 aromatic heterocycles. The van der Waals surface area contributed by atoms with E-state index in [-0.39, 0.29) is 11.6 Å². The third-order valence-electron chi connectivity index (χ3n) is 4.38. The zero-order chi connectivity index (χ0) is 15.2. The van der Waals surface area contributed by atoms with Gasteiger partial charge in [0.2, 0.25) is 0 Å². The first-order valence-electron chi connectivity index (χ1n) is 7.31. The van der Waals surface area contributed by atoms with E-state index >= 15 is 0 Å². The largest absolute Gasteiger partial charge is 0.287 e. The van der Waals surface area contributed by atoms with Crippen molar-refractivity contribution in [1.29, 1.82) is 0 Å². The van der Waals surface area contributed by atoms with Crippen molar-refractivity contribution in [3.05, 3.63) is 59.4 Å². The minimum absolute atomic E-state index is 0.233. The highest BCUT2D eigenvalue weighted by Gasteiger charge is 2.42. The number of nitrogens with zero attached hydrogens (tertiary/aromatic N) is 3. The second-order valence-corrected chi connectivity index (χ2v) is 6.80. The van der Waals surface area contributed by atoms with Gasteiger partial charge < -0.3 is 0 Å². The van der Waals surface area contributed by atoms with Gasteiger partial charge in [0.25, 0.3) is 0 Å². The molecule has 2 unspecified atom stereocenters. The van der Waals surface area contributed by atoms with Gasteiger partial charge in [0, 0.05) is 31.4 Å². The molecule has 1 saturated heterocycles. The number of fused-ring (bicyclic) bond motifs is 1. The van der Waals surface area contributed by atoms with Crippen molar-refractivity contribution >= 4 is 21.6 Å². The molecule has 1 aliphatic heterocycles. The van der Waals surface area contributed by atoms with E-state index in [9.17, 15) is 0 Å². The summed E-state index contributed by atoms with van der Waals surface area (Å²) in [5, 5.41) is 1.97. The molecule has 0 aliphatic carbocycles. The van der Waals surface area contributed by atoms with E-state index in [4.69, 9.17) is 4.84 Å². The predicted octanol–water partition coefficient (Wildman–Crippen LogP) is 3.91. The molecule has 5 heteroatoms. The number of pyridine rings is 1. The highest BCUT2D eigenvalue weighted by molar-refractivity contribution is 7.16. The Hall–Kier alpha value is -1.82. The number of benzene rings is 1. The van der Waals surface area contributed by atoms with Gasteiger partial charge >= 0.3 is 0 Å². The first-order chi connectivity index (χ1) is 10.7. The van der Waals surface area contributed by atoms with Crippen LogP contribution in [0.15, 0.2) is 48.2 Å². The van der Waals surface area contributed by atoms with Crippen molar-refractivity contribution in [2.75, 3.05) is 7.05 Å². The Balaban J connectivity index is 1.68. The third-order valence-corrected chi connectivity index (χ3v) is 5.17. The SMILES string of the molecule is CN1OC(C)(c2cccnc2)CC1c1ccc2ncsc2c1. The lowest BCUT2D eigenvalue weighted by atomic mass is 9.89. The maximum Gasteiger partial charge on any atom is 0.115 e. The number of rotatable bonds is 2. The van der Waals surface area contributed by atoms with E-state index in [1.807, 2.05) is 29.9 Å². The van der Waals surface area contributed by atoms with Crippen LogP contribution in [0.2, 0.25) is 0 Å². The van der Waals surface area contributed by atoms with Gasteiger partial charge in [-0.3, -0.25) is 9.82 Å². The summed E-state index contributed by atoms with van der Waals surface area (Å²) in [6, 6.07) is 10.7. The van der Waals surface area contributed by atoms with E-state index in [1.54, 1.807) is 17.5 Å². The van der Waals surface area contributed by atoms with Crippen molar-refractivity contribution < 1.29 is 4.84 Å². The van der Waals surface area contributed by atoms with Crippen LogP contribution < -0.4 is 0 Å². The molecule has 1 aromatic carbocycles. The Morgan fingerprint density at radius 1 is 1.36 bits per heavy atom. The second-order valence-electron chi connectivity index (χ2n) is 5.91. The third kappa shape index (κ3) is 2.22. The Labute approximate surface area is 133 Å². The van der Waals surface area contributed by atoms with Crippen molar-refractivity contribution in [3.8, 4) is 0 Å². The highest BCUT2D eigenvalue weighted by atomic mass is 32.1. The molecule has 22 heavy (non-hydrogen) atoms. The number of aromatic nitrogens is 2. The van der Waals surface area contributed by atoms with Gasteiger partial charge in [-0.25, -0.2) is 4.98 Å². The Morgan fingerprint density at radius 2 is 2.27 bits per heavy atom. The monoisotopic (exact) mass is 311 g/mol. The van der Waals surface area contributed by atoms with Crippen LogP contribution in [0.5, 0.6) is 0 Å². The summed E-state index contributed by atoms with van der Waals surface area (Å²) in [4.78, 5) is 14.7. The molecule has 0 N–H and O–H groups in total. The molecule has 0 radical (unpaired) electrons. The summed E-state index contributed by atoms with van der Waals surface area (Å²) >= 11 is 1.68. The first kappa shape index (κ1) is 13.8. The quantitative estimate of drug-likeness (QED) is 0.719. The average Bonchev–Trinajstić information content (AvgIpc) is 3.12. The Kier molecular flexibility index (Phi) is 3.22. The Bertz CT molecular complexity index is 804. The lowest BCUT2D eigenvalue weighted by Gasteiger charge is -2.23. The van der Waals surface area contributed by atoms with Crippen LogP contribution in [-0.2, 0) is 10.4 Å². The molecule has 3 aromatic rings. The minimum Gasteiger partial charge on any atom is -0.287 e. The normalized spacial score (nSPS) is 25.8. The number of thiazole rings is 1. The molecule has 4 rings (SSSR count). The molecule has 112 valence electrons. The highest BCUT2D eigenvalue weighted by Crippen LogP contribution is 2.45. The zero-order valence-corrected chi connectivity index (χ0v) is 13.4. The molecule has 0 spiro atoms. The molecule has 3 heterocycles. The summed E-state index contributed by atoms with van der Waals surface area (Å²) < 4.78 is 1.22. The molecule has 0 bridgehead atoms. The van der Waals surface area contributed by atoms with Gasteiger partial charge in [0.05, 0.1) is 21.8 Å². The van der Waals surface area contributed by atoms with Gasteiger partial charge in [0.15, 0.2) is 0 Å². The smallest absolute Gasteiger partial charge is 0.115 e. The summed E-state index contributed by atoms with van der Waals surface area (Å²) in [5.41, 5.74) is 5.00. The fourth-order valence-corrected chi connectivity index (χ4v) is 3.89. The molecule has 4 nitrogen and oxygen atoms in total. The van der Waals surface area contributed by atoms with Crippen LogP contribution in [0.25, 0.3) is 10.2 Å². The molecular formula is C17H17N3OS. The average molecular weight is 311 g/mol. The molecule has 2 atom stereocenters. The lowest BCUT2D eigenvalue weighted by molar-refractivity contribution is -0.188. The Morgan fingerprint density at radius 3 is 3.09 bits per heavy atom. The first-order valence-corrected chi connectivity index (χ1v) is 8.19. The van der Waals surface area contributed by atoms with Gasteiger partial charge in [-0.15, -0.1) is 11.3 Å². The number of hydrogen-bond acceptors (Lipinski definition) is 5. The standard InChI is InChI=1S/C17H17N3OS/c1-17(13-4-3-7-18-10-13)9-15(20(2)21-17)12-5-6-14-16(8-12)22-11-19-14/h3-8,10-11,15H,9H2,1-2H3. The summed E-state index contributed by atoms with van der Waals surface area (Å²) in [6.45, 7) is 2.13. The van der Waals surface area contributed by atoms with Gasteiger partial charge in [-0.2, -0.15) is 5.06 Å². The molecule has 0 saturated carbocycles. The van der Waals surface area contributed by atoms with Gasteiger partial charge in [0.1, 0.15) is 5.60 Å². The minimum atomic E-state index is -0.337. The topological polar surface area (TPSA) is 38.2 Å². The van der Waals surface area contributed by atoms with E-state index in [1.165, 1.54) is 10.3 Å². The van der Waals surface area contributed by atoms with Gasteiger partial charge in [-0.1, -0.05) is 12.1 Å². The lowest BCUT2D eigenvalue weighted by Crippen LogP contribution is -2.23. The van der Waals surface area contributed by atoms with E-state index < -0.39 is 0 Å². The molecular weight excluding hydrogens is 294 g/mol. The van der Waals surface area contributed by atoms with Gasteiger partial charge in [-0.05, 0) is 30.7 Å². The van der Waals surface area contributed by atoms with E-state index in [0.29, 0.717) is 0 Å². The maximum atomic E-state index is 6.18.